The number of aliphatic carboxylic acids is 1. The second kappa shape index (κ2) is 5.69. The highest BCUT2D eigenvalue weighted by molar-refractivity contribution is 5.84. The molecule has 0 radical (unpaired) electrons. The number of carbonyl (C=O) groups excluding carboxylic acids is 1. The normalized spacial score (nSPS) is 28.3. The number of likely N-dealkylation sites (tertiary alicyclic amines) is 1. The van der Waals surface area contributed by atoms with Gasteiger partial charge in [0.1, 0.15) is 0 Å². The van der Waals surface area contributed by atoms with E-state index in [4.69, 9.17) is 5.11 Å². The maximum atomic E-state index is 12.2. The first kappa shape index (κ1) is 15.0. The van der Waals surface area contributed by atoms with Crippen molar-refractivity contribution < 1.29 is 19.8 Å². The molecule has 1 saturated heterocycles. The molecule has 104 valence electrons. The fraction of sp³-hybridized carbons (Fsp3) is 0.846. The number of carboxylic acid groups (broad SMARTS) is 1. The van der Waals surface area contributed by atoms with E-state index in [-0.39, 0.29) is 5.91 Å². The van der Waals surface area contributed by atoms with Crippen molar-refractivity contribution in [3.05, 3.63) is 0 Å². The lowest BCUT2D eigenvalue weighted by molar-refractivity contribution is -0.149. The first-order valence-electron chi connectivity index (χ1n) is 6.48. The van der Waals surface area contributed by atoms with Crippen LogP contribution in [0.25, 0.3) is 0 Å². The van der Waals surface area contributed by atoms with Gasteiger partial charge in [-0.25, -0.2) is 0 Å². The lowest BCUT2D eigenvalue weighted by Gasteiger charge is -2.26. The molecule has 0 saturated carbocycles. The summed E-state index contributed by atoms with van der Waals surface area (Å²) in [7, 11) is 0. The van der Waals surface area contributed by atoms with E-state index < -0.39 is 23.4 Å². The van der Waals surface area contributed by atoms with E-state index in [9.17, 15) is 14.7 Å². The van der Waals surface area contributed by atoms with Crippen LogP contribution in [0.15, 0.2) is 0 Å². The highest BCUT2D eigenvalue weighted by atomic mass is 16.4. The lowest BCUT2D eigenvalue weighted by atomic mass is 9.94. The predicted molar refractivity (Wildman–Crippen MR) is 67.0 cm³/mol. The molecule has 2 N–H and O–H groups in total. The molecular formula is C13H23NO4. The van der Waals surface area contributed by atoms with Crippen molar-refractivity contribution in [1.82, 2.24) is 4.90 Å². The van der Waals surface area contributed by atoms with E-state index in [0.29, 0.717) is 25.9 Å². The average Bonchev–Trinajstić information content (AvgIpc) is 2.47. The number of nitrogens with zero attached hydrogens (tertiary/aromatic N) is 1. The molecule has 0 spiro atoms. The van der Waals surface area contributed by atoms with Crippen LogP contribution in [0.1, 0.15) is 40.0 Å². The van der Waals surface area contributed by atoms with Gasteiger partial charge in [0.05, 0.1) is 11.5 Å². The number of amides is 1. The van der Waals surface area contributed by atoms with Crippen molar-refractivity contribution in [3.8, 4) is 0 Å². The van der Waals surface area contributed by atoms with Crippen molar-refractivity contribution in [3.63, 3.8) is 0 Å². The third-order valence-electron chi connectivity index (χ3n) is 3.90. The Morgan fingerprint density at radius 3 is 2.33 bits per heavy atom. The zero-order valence-corrected chi connectivity index (χ0v) is 11.3. The number of carboxylic acids is 1. The predicted octanol–water partition coefficient (Wildman–Crippen LogP) is 1.11. The topological polar surface area (TPSA) is 77.8 Å². The monoisotopic (exact) mass is 257 g/mol. The Kier molecular flexibility index (Phi) is 4.73. The summed E-state index contributed by atoms with van der Waals surface area (Å²) in [6, 6.07) is 0. The summed E-state index contributed by atoms with van der Waals surface area (Å²) in [6.07, 6.45) is 1.99. The molecule has 0 bridgehead atoms. The lowest BCUT2D eigenvalue weighted by Crippen LogP contribution is -2.40. The molecule has 0 aliphatic carbocycles. The Labute approximate surface area is 108 Å². The van der Waals surface area contributed by atoms with E-state index in [1.165, 1.54) is 0 Å². The van der Waals surface area contributed by atoms with Crippen LogP contribution in [-0.4, -0.2) is 45.7 Å². The zero-order valence-electron chi connectivity index (χ0n) is 11.3. The Morgan fingerprint density at radius 1 is 1.17 bits per heavy atom. The molecule has 0 aromatic heterocycles. The van der Waals surface area contributed by atoms with E-state index >= 15 is 0 Å². The quantitative estimate of drug-likeness (QED) is 0.794. The summed E-state index contributed by atoms with van der Waals surface area (Å²) < 4.78 is 0. The van der Waals surface area contributed by atoms with Gasteiger partial charge in [-0.05, 0) is 26.2 Å². The van der Waals surface area contributed by atoms with E-state index in [0.717, 1.165) is 6.42 Å². The van der Waals surface area contributed by atoms with E-state index in [1.807, 2.05) is 0 Å². The van der Waals surface area contributed by atoms with Crippen molar-refractivity contribution in [1.29, 1.82) is 0 Å². The fourth-order valence-corrected chi connectivity index (χ4v) is 2.20. The SMILES string of the molecule is CC(C(=O)O)C(C)C(=O)N1CCCC(C)(O)CC1. The molecule has 3 atom stereocenters. The van der Waals surface area contributed by atoms with Crippen molar-refractivity contribution >= 4 is 11.9 Å². The van der Waals surface area contributed by atoms with Crippen molar-refractivity contribution in [2.45, 2.75) is 45.6 Å². The second-order valence-electron chi connectivity index (χ2n) is 5.59. The maximum Gasteiger partial charge on any atom is 0.307 e. The van der Waals surface area contributed by atoms with Crippen LogP contribution in [0.3, 0.4) is 0 Å². The van der Waals surface area contributed by atoms with Gasteiger partial charge < -0.3 is 15.1 Å². The molecule has 0 aromatic rings. The highest BCUT2D eigenvalue weighted by Crippen LogP contribution is 2.23. The van der Waals surface area contributed by atoms with Gasteiger partial charge in [0, 0.05) is 19.0 Å². The number of rotatable bonds is 3. The van der Waals surface area contributed by atoms with E-state index in [1.54, 1.807) is 25.7 Å². The van der Waals surface area contributed by atoms with Crippen LogP contribution in [-0.2, 0) is 9.59 Å². The largest absolute Gasteiger partial charge is 0.481 e. The van der Waals surface area contributed by atoms with Crippen molar-refractivity contribution in [2.24, 2.45) is 11.8 Å². The van der Waals surface area contributed by atoms with Crippen LogP contribution in [0, 0.1) is 11.8 Å². The summed E-state index contributed by atoms with van der Waals surface area (Å²) in [4.78, 5) is 24.8. The molecule has 1 aliphatic rings. The molecular weight excluding hydrogens is 234 g/mol. The smallest absolute Gasteiger partial charge is 0.307 e. The third kappa shape index (κ3) is 3.70. The molecule has 5 heteroatoms. The number of hydrogen-bond acceptors (Lipinski definition) is 3. The first-order chi connectivity index (χ1) is 8.24. The third-order valence-corrected chi connectivity index (χ3v) is 3.90. The molecule has 1 fully saturated rings. The van der Waals surface area contributed by atoms with Gasteiger partial charge in [0.15, 0.2) is 0 Å². The molecule has 1 heterocycles. The minimum absolute atomic E-state index is 0.123. The molecule has 1 rings (SSSR count). The molecule has 0 aromatic carbocycles. The Hall–Kier alpha value is -1.10. The Morgan fingerprint density at radius 2 is 1.78 bits per heavy atom. The van der Waals surface area contributed by atoms with Crippen LogP contribution in [0.2, 0.25) is 0 Å². The molecule has 1 aliphatic heterocycles. The highest BCUT2D eigenvalue weighted by Gasteiger charge is 2.32. The summed E-state index contributed by atoms with van der Waals surface area (Å²) in [5.41, 5.74) is -0.712. The molecule has 5 nitrogen and oxygen atoms in total. The zero-order chi connectivity index (χ0) is 13.9. The summed E-state index contributed by atoms with van der Waals surface area (Å²) >= 11 is 0. The van der Waals surface area contributed by atoms with Crippen molar-refractivity contribution in [2.75, 3.05) is 13.1 Å². The Balaban J connectivity index is 2.64. The van der Waals surface area contributed by atoms with Gasteiger partial charge >= 0.3 is 5.97 Å². The second-order valence-corrected chi connectivity index (χ2v) is 5.59. The minimum Gasteiger partial charge on any atom is -0.481 e. The molecule has 3 unspecified atom stereocenters. The van der Waals surface area contributed by atoms with Crippen LogP contribution in [0.4, 0.5) is 0 Å². The molecule has 1 amide bonds. The average molecular weight is 257 g/mol. The number of carbonyl (C=O) groups is 2. The van der Waals surface area contributed by atoms with Gasteiger partial charge in [-0.3, -0.25) is 9.59 Å². The Bertz CT molecular complexity index is 327. The number of aliphatic hydroxyl groups is 1. The van der Waals surface area contributed by atoms with Crippen LogP contribution < -0.4 is 0 Å². The molecule has 18 heavy (non-hydrogen) atoms. The van der Waals surface area contributed by atoms with Gasteiger partial charge in [-0.1, -0.05) is 13.8 Å². The summed E-state index contributed by atoms with van der Waals surface area (Å²) in [5, 5.41) is 18.9. The minimum atomic E-state index is -0.947. The van der Waals surface area contributed by atoms with Gasteiger partial charge in [0.2, 0.25) is 5.91 Å². The summed E-state index contributed by atoms with van der Waals surface area (Å²) in [6.45, 7) is 6.10. The first-order valence-corrected chi connectivity index (χ1v) is 6.48. The van der Waals surface area contributed by atoms with Crippen LogP contribution >= 0.6 is 0 Å². The van der Waals surface area contributed by atoms with Gasteiger partial charge in [-0.15, -0.1) is 0 Å². The fourth-order valence-electron chi connectivity index (χ4n) is 2.20. The van der Waals surface area contributed by atoms with Gasteiger partial charge in [0.25, 0.3) is 0 Å². The maximum absolute atomic E-state index is 12.2. The van der Waals surface area contributed by atoms with E-state index in [2.05, 4.69) is 0 Å². The van der Waals surface area contributed by atoms with Crippen LogP contribution in [0.5, 0.6) is 0 Å². The number of hydrogen-bond donors (Lipinski definition) is 2. The summed E-state index contributed by atoms with van der Waals surface area (Å²) in [5.74, 6) is -2.27. The van der Waals surface area contributed by atoms with Gasteiger partial charge in [-0.2, -0.15) is 0 Å². The standard InChI is InChI=1S/C13H23NO4/c1-9(10(2)12(16)17)11(15)14-7-4-5-13(3,18)6-8-14/h9-10,18H,4-8H2,1-3H3,(H,16,17).